The van der Waals surface area contributed by atoms with Crippen LogP contribution >= 0.6 is 23.4 Å². The van der Waals surface area contributed by atoms with Crippen molar-refractivity contribution in [1.82, 2.24) is 24.6 Å². The average Bonchev–Trinajstić information content (AvgIpc) is 3.34. The van der Waals surface area contributed by atoms with E-state index in [1.165, 1.54) is 5.56 Å². The number of nitrogens with zero attached hydrogens (tertiary/aromatic N) is 5. The summed E-state index contributed by atoms with van der Waals surface area (Å²) < 4.78 is 2.03. The van der Waals surface area contributed by atoms with E-state index in [0.29, 0.717) is 43.4 Å². The monoisotopic (exact) mass is 609 g/mol. The fraction of sp³-hybridized carbons (Fsp3) is 0.515. The Morgan fingerprint density at radius 2 is 1.81 bits per heavy atom. The maximum Gasteiger partial charge on any atom is 0.223 e. The van der Waals surface area contributed by atoms with Crippen molar-refractivity contribution in [2.45, 2.75) is 78.4 Å². The lowest BCUT2D eigenvalue weighted by Gasteiger charge is -2.40. The van der Waals surface area contributed by atoms with E-state index in [2.05, 4.69) is 63.9 Å². The topological polar surface area (TPSA) is 71.3 Å². The van der Waals surface area contributed by atoms with Gasteiger partial charge in [0.25, 0.3) is 0 Å². The van der Waals surface area contributed by atoms with E-state index in [1.807, 2.05) is 50.8 Å². The van der Waals surface area contributed by atoms with Crippen LogP contribution in [0, 0.1) is 18.3 Å². The molecule has 0 aliphatic carbocycles. The van der Waals surface area contributed by atoms with Crippen LogP contribution in [-0.4, -0.2) is 67.8 Å². The minimum Gasteiger partial charge on any atom is -0.339 e. The molecule has 9 heteroatoms. The van der Waals surface area contributed by atoms with Crippen LogP contribution in [0.5, 0.6) is 0 Å². The van der Waals surface area contributed by atoms with Crippen molar-refractivity contribution < 1.29 is 9.59 Å². The van der Waals surface area contributed by atoms with Gasteiger partial charge in [-0.2, -0.15) is 0 Å². The summed E-state index contributed by atoms with van der Waals surface area (Å²) in [7, 11) is 0. The standard InChI is InChI=1S/C33H44ClN5O2S/c1-23-12-14-26(15-13-23)31-35-36-32(39(31)28-10-7-9-27(34)20-28)42-18-8-11-29(40)37-16-17-38(25(3)22-37)30(41)19-24(2)21-33(4,5)6/h7,9-10,12-15,20,24-25H,8,11,16-19,21-22H2,1-6H3. The second-order valence-corrected chi connectivity index (χ2v) is 14.3. The summed E-state index contributed by atoms with van der Waals surface area (Å²) >= 11 is 7.92. The number of aromatic nitrogens is 3. The summed E-state index contributed by atoms with van der Waals surface area (Å²) in [6, 6.07) is 15.9. The van der Waals surface area contributed by atoms with Crippen molar-refractivity contribution in [3.8, 4) is 17.1 Å². The molecule has 4 rings (SSSR count). The number of aryl methyl sites for hydroxylation is 1. The zero-order chi connectivity index (χ0) is 30.4. The third-order valence-corrected chi connectivity index (χ3v) is 8.81. The van der Waals surface area contributed by atoms with Gasteiger partial charge in [-0.05, 0) is 56.2 Å². The highest BCUT2D eigenvalue weighted by molar-refractivity contribution is 7.99. The van der Waals surface area contributed by atoms with E-state index in [-0.39, 0.29) is 23.3 Å². The van der Waals surface area contributed by atoms with Gasteiger partial charge in [-0.3, -0.25) is 14.2 Å². The van der Waals surface area contributed by atoms with Crippen molar-refractivity contribution in [1.29, 1.82) is 0 Å². The molecule has 2 aromatic carbocycles. The predicted octanol–water partition coefficient (Wildman–Crippen LogP) is 7.29. The molecule has 0 saturated carbocycles. The van der Waals surface area contributed by atoms with Gasteiger partial charge in [0.2, 0.25) is 11.8 Å². The Balaban J connectivity index is 1.31. The first-order chi connectivity index (χ1) is 19.9. The molecule has 0 radical (unpaired) electrons. The van der Waals surface area contributed by atoms with Gasteiger partial charge in [0.05, 0.1) is 5.69 Å². The SMILES string of the molecule is Cc1ccc(-c2nnc(SCCCC(=O)N3CCN(C(=O)CC(C)CC(C)(C)C)C(C)C3)n2-c2cccc(Cl)c2)cc1. The lowest BCUT2D eigenvalue weighted by atomic mass is 9.84. The van der Waals surface area contributed by atoms with E-state index >= 15 is 0 Å². The number of amides is 2. The number of hydrogen-bond donors (Lipinski definition) is 0. The molecule has 1 aliphatic rings. The number of carbonyl (C=O) groups is 2. The molecule has 1 fully saturated rings. The van der Waals surface area contributed by atoms with Crippen LogP contribution in [-0.2, 0) is 9.59 Å². The normalized spacial score (nSPS) is 16.5. The first-order valence-electron chi connectivity index (χ1n) is 14.9. The van der Waals surface area contributed by atoms with Crippen molar-refractivity contribution in [2.24, 2.45) is 11.3 Å². The zero-order valence-corrected chi connectivity index (χ0v) is 27.3. The van der Waals surface area contributed by atoms with Gasteiger partial charge in [0.15, 0.2) is 11.0 Å². The van der Waals surface area contributed by atoms with E-state index in [0.717, 1.165) is 40.8 Å². The third kappa shape index (κ3) is 8.60. The Labute approximate surface area is 260 Å². The van der Waals surface area contributed by atoms with Crippen LogP contribution in [0.2, 0.25) is 5.02 Å². The Hall–Kier alpha value is -2.84. The largest absolute Gasteiger partial charge is 0.339 e. The Morgan fingerprint density at radius 3 is 2.48 bits per heavy atom. The maximum absolute atomic E-state index is 13.1. The quantitative estimate of drug-likeness (QED) is 0.178. The summed E-state index contributed by atoms with van der Waals surface area (Å²) in [5, 5.41) is 10.4. The molecule has 2 atom stereocenters. The fourth-order valence-corrected chi connectivity index (χ4v) is 6.81. The highest BCUT2D eigenvalue weighted by Gasteiger charge is 2.30. The van der Waals surface area contributed by atoms with Gasteiger partial charge in [0.1, 0.15) is 0 Å². The summed E-state index contributed by atoms with van der Waals surface area (Å²) in [5.74, 6) is 2.19. The first kappa shape index (κ1) is 32.1. The molecule has 2 unspecified atom stereocenters. The van der Waals surface area contributed by atoms with Crippen molar-refractivity contribution in [3.63, 3.8) is 0 Å². The molecule has 0 spiro atoms. The minimum atomic E-state index is 0.0304. The molecular weight excluding hydrogens is 566 g/mol. The lowest BCUT2D eigenvalue weighted by Crippen LogP contribution is -2.55. The molecule has 1 aromatic heterocycles. The van der Waals surface area contributed by atoms with E-state index in [1.54, 1.807) is 11.8 Å². The Bertz CT molecular complexity index is 1370. The minimum absolute atomic E-state index is 0.0304. The number of halogens is 1. The van der Waals surface area contributed by atoms with Crippen LogP contribution in [0.15, 0.2) is 53.7 Å². The van der Waals surface area contributed by atoms with Gasteiger partial charge in [-0.25, -0.2) is 0 Å². The molecule has 0 N–H and O–H groups in total. The van der Waals surface area contributed by atoms with E-state index < -0.39 is 0 Å². The Kier molecular flexibility index (Phi) is 10.8. The number of benzene rings is 2. The van der Waals surface area contributed by atoms with E-state index in [9.17, 15) is 9.59 Å². The predicted molar refractivity (Wildman–Crippen MR) is 172 cm³/mol. The fourth-order valence-electron chi connectivity index (χ4n) is 5.73. The number of rotatable bonds is 10. The summed E-state index contributed by atoms with van der Waals surface area (Å²) in [4.78, 5) is 29.9. The molecule has 2 amide bonds. The number of hydrogen-bond acceptors (Lipinski definition) is 5. The zero-order valence-electron chi connectivity index (χ0n) is 25.8. The Morgan fingerprint density at radius 1 is 1.07 bits per heavy atom. The lowest BCUT2D eigenvalue weighted by molar-refractivity contribution is -0.143. The average molecular weight is 610 g/mol. The molecule has 0 bridgehead atoms. The third-order valence-electron chi connectivity index (χ3n) is 7.56. The van der Waals surface area contributed by atoms with Gasteiger partial charge in [-0.1, -0.05) is 87.0 Å². The first-order valence-corrected chi connectivity index (χ1v) is 16.3. The highest BCUT2D eigenvalue weighted by Crippen LogP contribution is 2.30. The number of thioether (sulfide) groups is 1. The molecule has 1 saturated heterocycles. The van der Waals surface area contributed by atoms with Crippen LogP contribution < -0.4 is 0 Å². The summed E-state index contributed by atoms with van der Waals surface area (Å²) in [6.45, 7) is 14.7. The van der Waals surface area contributed by atoms with E-state index in [4.69, 9.17) is 11.6 Å². The van der Waals surface area contributed by atoms with Crippen LogP contribution in [0.25, 0.3) is 17.1 Å². The molecule has 7 nitrogen and oxygen atoms in total. The maximum atomic E-state index is 13.1. The summed E-state index contributed by atoms with van der Waals surface area (Å²) in [5.41, 5.74) is 3.27. The van der Waals surface area contributed by atoms with Gasteiger partial charge < -0.3 is 9.80 Å². The molecule has 3 aromatic rings. The van der Waals surface area contributed by atoms with Gasteiger partial charge in [-0.15, -0.1) is 10.2 Å². The second kappa shape index (κ2) is 14.1. The summed E-state index contributed by atoms with van der Waals surface area (Å²) in [6.07, 6.45) is 2.78. The van der Waals surface area contributed by atoms with Crippen LogP contribution in [0.1, 0.15) is 65.9 Å². The second-order valence-electron chi connectivity index (χ2n) is 12.8. The molecule has 42 heavy (non-hydrogen) atoms. The van der Waals surface area contributed by atoms with Crippen molar-refractivity contribution >= 4 is 35.2 Å². The molecule has 1 aliphatic heterocycles. The van der Waals surface area contributed by atoms with Crippen molar-refractivity contribution in [3.05, 3.63) is 59.1 Å². The number of carbonyl (C=O) groups excluding carboxylic acids is 2. The molecular formula is C33H44ClN5O2S. The van der Waals surface area contributed by atoms with Gasteiger partial charge >= 0.3 is 0 Å². The van der Waals surface area contributed by atoms with Crippen LogP contribution in [0.4, 0.5) is 0 Å². The molecule has 226 valence electrons. The smallest absolute Gasteiger partial charge is 0.223 e. The number of piperazine rings is 1. The molecule has 2 heterocycles. The highest BCUT2D eigenvalue weighted by atomic mass is 35.5. The van der Waals surface area contributed by atoms with Crippen LogP contribution in [0.3, 0.4) is 0 Å². The van der Waals surface area contributed by atoms with Crippen molar-refractivity contribution in [2.75, 3.05) is 25.4 Å². The van der Waals surface area contributed by atoms with Gasteiger partial charge in [0, 0.05) is 54.9 Å².